The van der Waals surface area contributed by atoms with E-state index in [2.05, 4.69) is 0 Å². The maximum absolute atomic E-state index is 12.4. The highest BCUT2D eigenvalue weighted by Gasteiger charge is 2.03. The van der Waals surface area contributed by atoms with Crippen molar-refractivity contribution < 1.29 is 9.50 Å². The van der Waals surface area contributed by atoms with Crippen LogP contribution in [0.25, 0.3) is 0 Å². The molecule has 0 atom stereocenters. The van der Waals surface area contributed by atoms with Gasteiger partial charge in [0.05, 0.1) is 10.7 Å². The SMILES string of the molecule is Nc1cc(F)c(Cl)cc1O. The molecule has 0 unspecified atom stereocenters. The standard InChI is InChI=1S/C6H5ClFNO/c7-3-1-6(10)5(9)2-4(3)8/h1-2,10H,9H2. The molecule has 3 N–H and O–H groups in total. The Morgan fingerprint density at radius 2 is 2.10 bits per heavy atom. The quantitative estimate of drug-likeness (QED) is 0.450. The second kappa shape index (κ2) is 2.34. The molecule has 0 aromatic heterocycles. The van der Waals surface area contributed by atoms with Gasteiger partial charge in [-0.1, -0.05) is 11.6 Å². The van der Waals surface area contributed by atoms with Gasteiger partial charge in [-0.3, -0.25) is 0 Å². The molecule has 10 heavy (non-hydrogen) atoms. The van der Waals surface area contributed by atoms with Gasteiger partial charge >= 0.3 is 0 Å². The molecule has 54 valence electrons. The monoisotopic (exact) mass is 161 g/mol. The predicted octanol–water partition coefficient (Wildman–Crippen LogP) is 1.77. The van der Waals surface area contributed by atoms with Gasteiger partial charge < -0.3 is 10.8 Å². The highest BCUT2D eigenvalue weighted by molar-refractivity contribution is 6.31. The predicted molar refractivity (Wildman–Crippen MR) is 37.5 cm³/mol. The molecular formula is C6H5ClFNO. The molecule has 0 aliphatic heterocycles. The Morgan fingerprint density at radius 1 is 1.50 bits per heavy atom. The van der Waals surface area contributed by atoms with E-state index in [-0.39, 0.29) is 16.5 Å². The third kappa shape index (κ3) is 1.14. The lowest BCUT2D eigenvalue weighted by atomic mass is 10.3. The number of nitrogens with two attached hydrogens (primary N) is 1. The summed E-state index contributed by atoms with van der Waals surface area (Å²) in [6, 6.07) is 2.03. The van der Waals surface area contributed by atoms with Gasteiger partial charge in [0, 0.05) is 12.1 Å². The van der Waals surface area contributed by atoms with E-state index in [1.165, 1.54) is 0 Å². The van der Waals surface area contributed by atoms with Crippen LogP contribution in [0.5, 0.6) is 5.75 Å². The topological polar surface area (TPSA) is 46.2 Å². The molecule has 0 aliphatic carbocycles. The summed E-state index contributed by atoms with van der Waals surface area (Å²) in [5, 5.41) is 8.72. The lowest BCUT2D eigenvalue weighted by molar-refractivity contribution is 0.476. The molecule has 0 radical (unpaired) electrons. The van der Waals surface area contributed by atoms with Crippen LogP contribution in [0.15, 0.2) is 12.1 Å². The molecule has 0 saturated heterocycles. The molecule has 0 fully saturated rings. The van der Waals surface area contributed by atoms with Crippen molar-refractivity contribution in [1.82, 2.24) is 0 Å². The van der Waals surface area contributed by atoms with Gasteiger partial charge in [0.15, 0.2) is 0 Å². The minimum Gasteiger partial charge on any atom is -0.506 e. The Labute approximate surface area is 62.0 Å². The first-order chi connectivity index (χ1) is 4.61. The average molecular weight is 162 g/mol. The molecule has 1 aromatic rings. The Bertz CT molecular complexity index is 214. The van der Waals surface area contributed by atoms with Gasteiger partial charge in [0.2, 0.25) is 0 Å². The molecule has 0 saturated carbocycles. The van der Waals surface area contributed by atoms with E-state index in [9.17, 15) is 4.39 Å². The Morgan fingerprint density at radius 3 is 2.60 bits per heavy atom. The van der Waals surface area contributed by atoms with Crippen molar-refractivity contribution in [2.45, 2.75) is 0 Å². The van der Waals surface area contributed by atoms with E-state index < -0.39 is 5.82 Å². The largest absolute Gasteiger partial charge is 0.506 e. The fourth-order valence-electron chi connectivity index (χ4n) is 0.552. The van der Waals surface area contributed by atoms with Crippen LogP contribution in [0.2, 0.25) is 5.02 Å². The normalized spacial score (nSPS) is 9.80. The van der Waals surface area contributed by atoms with Crippen molar-refractivity contribution in [1.29, 1.82) is 0 Å². The fourth-order valence-corrected chi connectivity index (χ4v) is 0.710. The van der Waals surface area contributed by atoms with Crippen LogP contribution in [0.1, 0.15) is 0 Å². The zero-order valence-corrected chi connectivity index (χ0v) is 5.69. The van der Waals surface area contributed by atoms with E-state index in [4.69, 9.17) is 22.4 Å². The number of halogens is 2. The van der Waals surface area contributed by atoms with Gasteiger partial charge in [0.25, 0.3) is 0 Å². The Balaban J connectivity index is 3.28. The summed E-state index contributed by atoms with van der Waals surface area (Å²) in [6.07, 6.45) is 0. The van der Waals surface area contributed by atoms with Crippen LogP contribution >= 0.6 is 11.6 Å². The van der Waals surface area contributed by atoms with Gasteiger partial charge in [-0.05, 0) is 0 Å². The van der Waals surface area contributed by atoms with Crippen molar-refractivity contribution in [3.05, 3.63) is 23.0 Å². The summed E-state index contributed by atoms with van der Waals surface area (Å²) in [6.45, 7) is 0. The molecular weight excluding hydrogens is 157 g/mol. The first-order valence-electron chi connectivity index (χ1n) is 2.54. The van der Waals surface area contributed by atoms with Crippen molar-refractivity contribution >= 4 is 17.3 Å². The van der Waals surface area contributed by atoms with Gasteiger partial charge in [-0.2, -0.15) is 0 Å². The van der Waals surface area contributed by atoms with Crippen molar-refractivity contribution in [3.8, 4) is 5.75 Å². The van der Waals surface area contributed by atoms with Gasteiger partial charge in [0.1, 0.15) is 11.6 Å². The summed E-state index contributed by atoms with van der Waals surface area (Å²) >= 11 is 5.30. The van der Waals surface area contributed by atoms with E-state index in [1.807, 2.05) is 0 Å². The van der Waals surface area contributed by atoms with Crippen LogP contribution in [0, 0.1) is 5.82 Å². The lowest BCUT2D eigenvalue weighted by Crippen LogP contribution is -1.87. The van der Waals surface area contributed by atoms with Crippen LogP contribution in [-0.4, -0.2) is 5.11 Å². The van der Waals surface area contributed by atoms with Crippen LogP contribution in [-0.2, 0) is 0 Å². The Kier molecular flexibility index (Phi) is 1.68. The number of phenolic OH excluding ortho intramolecular Hbond substituents is 1. The highest BCUT2D eigenvalue weighted by Crippen LogP contribution is 2.26. The molecule has 0 heterocycles. The number of nitrogen functional groups attached to an aromatic ring is 1. The van der Waals surface area contributed by atoms with Gasteiger partial charge in [-0.25, -0.2) is 4.39 Å². The molecule has 1 rings (SSSR count). The van der Waals surface area contributed by atoms with Crippen molar-refractivity contribution in [3.63, 3.8) is 0 Å². The van der Waals surface area contributed by atoms with Crippen LogP contribution in [0.4, 0.5) is 10.1 Å². The minimum atomic E-state index is -0.628. The number of anilines is 1. The lowest BCUT2D eigenvalue weighted by Gasteiger charge is -1.98. The van der Waals surface area contributed by atoms with E-state index >= 15 is 0 Å². The number of rotatable bonds is 0. The summed E-state index contributed by atoms with van der Waals surface area (Å²) in [7, 11) is 0. The number of phenols is 1. The number of aromatic hydroxyl groups is 1. The number of benzene rings is 1. The molecule has 4 heteroatoms. The first kappa shape index (κ1) is 7.15. The molecule has 0 aliphatic rings. The molecule has 0 bridgehead atoms. The smallest absolute Gasteiger partial charge is 0.144 e. The summed E-state index contributed by atoms with van der Waals surface area (Å²) < 4.78 is 12.4. The molecule has 0 spiro atoms. The van der Waals surface area contributed by atoms with E-state index in [0.29, 0.717) is 0 Å². The third-order valence-electron chi connectivity index (χ3n) is 1.07. The van der Waals surface area contributed by atoms with Crippen molar-refractivity contribution in [2.24, 2.45) is 0 Å². The molecule has 2 nitrogen and oxygen atoms in total. The zero-order valence-electron chi connectivity index (χ0n) is 4.94. The minimum absolute atomic E-state index is 0.0121. The second-order valence-corrected chi connectivity index (χ2v) is 2.23. The first-order valence-corrected chi connectivity index (χ1v) is 2.92. The third-order valence-corrected chi connectivity index (χ3v) is 1.36. The number of hydrogen-bond donors (Lipinski definition) is 2. The molecule has 0 amide bonds. The fraction of sp³-hybridized carbons (Fsp3) is 0. The zero-order chi connectivity index (χ0) is 7.72. The van der Waals surface area contributed by atoms with Gasteiger partial charge in [-0.15, -0.1) is 0 Å². The average Bonchev–Trinajstić information content (AvgIpc) is 1.84. The second-order valence-electron chi connectivity index (χ2n) is 1.83. The van der Waals surface area contributed by atoms with Crippen LogP contribution in [0.3, 0.4) is 0 Å². The summed E-state index contributed by atoms with van der Waals surface area (Å²) in [5.74, 6) is -0.830. The molecule has 1 aromatic carbocycles. The Hall–Kier alpha value is -0.960. The van der Waals surface area contributed by atoms with E-state index in [1.54, 1.807) is 0 Å². The highest BCUT2D eigenvalue weighted by atomic mass is 35.5. The van der Waals surface area contributed by atoms with Crippen LogP contribution < -0.4 is 5.73 Å². The number of hydrogen-bond acceptors (Lipinski definition) is 2. The maximum Gasteiger partial charge on any atom is 0.144 e. The maximum atomic E-state index is 12.4. The summed E-state index contributed by atoms with van der Waals surface area (Å²) in [4.78, 5) is 0. The summed E-state index contributed by atoms with van der Waals surface area (Å²) in [5.41, 5.74) is 5.13. The van der Waals surface area contributed by atoms with E-state index in [0.717, 1.165) is 12.1 Å². The van der Waals surface area contributed by atoms with Crippen molar-refractivity contribution in [2.75, 3.05) is 5.73 Å².